The monoisotopic (exact) mass is 343 g/mol. The summed E-state index contributed by atoms with van der Waals surface area (Å²) >= 11 is 1.45. The van der Waals surface area contributed by atoms with E-state index in [1.165, 1.54) is 11.8 Å². The Balaban J connectivity index is 1.55. The number of nitrogens with one attached hydrogen (secondary N) is 1. The number of aromatic amines is 1. The van der Waals surface area contributed by atoms with Crippen LogP contribution >= 0.6 is 11.8 Å². The van der Waals surface area contributed by atoms with Crippen LogP contribution in [0.3, 0.4) is 0 Å². The first kappa shape index (κ1) is 15.2. The van der Waals surface area contributed by atoms with Gasteiger partial charge in [0.25, 0.3) is 0 Å². The van der Waals surface area contributed by atoms with Crippen LogP contribution in [0.5, 0.6) is 0 Å². The van der Waals surface area contributed by atoms with Crippen LogP contribution in [0, 0.1) is 6.92 Å². The standard InChI is InChI=1S/C16H17N5O2S/c1-9-4-3-5-11(8-9)14-18-17-13(23-14)10(2)24-16-20-19-15(22)21(16)12-6-7-12/h3-5,8,10,12H,6-7H2,1-2H3,(H,19,22). The highest BCUT2D eigenvalue weighted by molar-refractivity contribution is 7.99. The lowest BCUT2D eigenvalue weighted by Crippen LogP contribution is -2.16. The molecule has 1 aromatic carbocycles. The summed E-state index contributed by atoms with van der Waals surface area (Å²) in [5.41, 5.74) is 1.89. The highest BCUT2D eigenvalue weighted by atomic mass is 32.2. The van der Waals surface area contributed by atoms with Crippen molar-refractivity contribution in [1.29, 1.82) is 0 Å². The molecule has 0 spiro atoms. The molecule has 0 radical (unpaired) electrons. The summed E-state index contributed by atoms with van der Waals surface area (Å²) in [7, 11) is 0. The Labute approximate surface area is 142 Å². The number of thioether (sulfide) groups is 1. The fourth-order valence-corrected chi connectivity index (χ4v) is 3.49. The third-order valence-electron chi connectivity index (χ3n) is 3.92. The number of hydrogen-bond acceptors (Lipinski definition) is 6. The summed E-state index contributed by atoms with van der Waals surface area (Å²) in [4.78, 5) is 11.8. The molecule has 1 fully saturated rings. The molecule has 1 unspecified atom stereocenters. The molecule has 8 heteroatoms. The molecule has 0 amide bonds. The van der Waals surface area contributed by atoms with Crippen LogP contribution in [0.4, 0.5) is 0 Å². The van der Waals surface area contributed by atoms with Crippen LogP contribution in [0.2, 0.25) is 0 Å². The van der Waals surface area contributed by atoms with E-state index in [9.17, 15) is 4.79 Å². The second-order valence-electron chi connectivity index (χ2n) is 5.99. The molecule has 24 heavy (non-hydrogen) atoms. The molecule has 2 heterocycles. The molecule has 0 aliphatic heterocycles. The Kier molecular flexibility index (Phi) is 3.76. The van der Waals surface area contributed by atoms with Crippen LogP contribution in [-0.2, 0) is 0 Å². The van der Waals surface area contributed by atoms with Gasteiger partial charge in [-0.1, -0.05) is 29.5 Å². The summed E-state index contributed by atoms with van der Waals surface area (Å²) in [6, 6.07) is 8.21. The van der Waals surface area contributed by atoms with Crippen molar-refractivity contribution < 1.29 is 4.42 Å². The first-order valence-electron chi connectivity index (χ1n) is 7.86. The Morgan fingerprint density at radius 1 is 1.38 bits per heavy atom. The summed E-state index contributed by atoms with van der Waals surface area (Å²) in [6.45, 7) is 3.99. The van der Waals surface area contributed by atoms with E-state index in [1.807, 2.05) is 38.1 Å². The van der Waals surface area contributed by atoms with Gasteiger partial charge in [0.1, 0.15) is 0 Å². The first-order valence-corrected chi connectivity index (χ1v) is 8.74. The second-order valence-corrected chi connectivity index (χ2v) is 7.30. The first-order chi connectivity index (χ1) is 11.6. The van der Waals surface area contributed by atoms with Gasteiger partial charge in [0.05, 0.1) is 5.25 Å². The van der Waals surface area contributed by atoms with Gasteiger partial charge in [-0.25, -0.2) is 9.89 Å². The smallest absolute Gasteiger partial charge is 0.344 e. The molecule has 1 atom stereocenters. The van der Waals surface area contributed by atoms with Crippen LogP contribution < -0.4 is 5.69 Å². The number of aromatic nitrogens is 5. The van der Waals surface area contributed by atoms with Crippen molar-refractivity contribution in [3.05, 3.63) is 46.2 Å². The molecule has 1 aliphatic carbocycles. The van der Waals surface area contributed by atoms with Gasteiger partial charge in [-0.05, 0) is 38.8 Å². The zero-order valence-corrected chi connectivity index (χ0v) is 14.2. The Bertz CT molecular complexity index is 924. The van der Waals surface area contributed by atoms with Crippen molar-refractivity contribution >= 4 is 11.8 Å². The van der Waals surface area contributed by atoms with Crippen LogP contribution in [0.15, 0.2) is 38.6 Å². The van der Waals surface area contributed by atoms with Crippen molar-refractivity contribution in [2.45, 2.75) is 43.1 Å². The molecule has 1 saturated carbocycles. The minimum absolute atomic E-state index is 0.0937. The fraction of sp³-hybridized carbons (Fsp3) is 0.375. The molecule has 0 bridgehead atoms. The Hall–Kier alpha value is -2.35. The molecular formula is C16H17N5O2S. The van der Waals surface area contributed by atoms with Crippen molar-refractivity contribution in [3.63, 3.8) is 0 Å². The maximum atomic E-state index is 11.8. The average molecular weight is 343 g/mol. The van der Waals surface area contributed by atoms with Crippen molar-refractivity contribution in [1.82, 2.24) is 25.0 Å². The van der Waals surface area contributed by atoms with E-state index >= 15 is 0 Å². The third kappa shape index (κ3) is 2.89. The molecule has 124 valence electrons. The summed E-state index contributed by atoms with van der Waals surface area (Å²) in [5, 5.41) is 15.5. The SMILES string of the molecule is Cc1cccc(-c2nnc(C(C)Sc3n[nH]c(=O)n3C3CC3)o2)c1. The van der Waals surface area contributed by atoms with Gasteiger partial charge in [0, 0.05) is 11.6 Å². The molecule has 1 N–H and O–H groups in total. The summed E-state index contributed by atoms with van der Waals surface area (Å²) < 4.78 is 7.53. The number of nitrogens with zero attached hydrogens (tertiary/aromatic N) is 4. The van der Waals surface area contributed by atoms with E-state index in [-0.39, 0.29) is 17.0 Å². The van der Waals surface area contributed by atoms with E-state index in [0.717, 1.165) is 24.0 Å². The summed E-state index contributed by atoms with van der Waals surface area (Å²) in [5.74, 6) is 1.03. The number of benzene rings is 1. The summed E-state index contributed by atoms with van der Waals surface area (Å²) in [6.07, 6.45) is 2.05. The highest BCUT2D eigenvalue weighted by Crippen LogP contribution is 2.39. The van der Waals surface area contributed by atoms with Crippen LogP contribution in [-0.4, -0.2) is 25.0 Å². The number of aryl methyl sites for hydroxylation is 1. The van der Waals surface area contributed by atoms with E-state index in [4.69, 9.17) is 4.42 Å². The Morgan fingerprint density at radius 2 is 2.21 bits per heavy atom. The third-order valence-corrected chi connectivity index (χ3v) is 4.97. The lowest BCUT2D eigenvalue weighted by atomic mass is 10.1. The lowest BCUT2D eigenvalue weighted by Gasteiger charge is -2.07. The maximum Gasteiger partial charge on any atom is 0.344 e. The van der Waals surface area contributed by atoms with E-state index in [0.29, 0.717) is 16.9 Å². The molecule has 3 aromatic rings. The van der Waals surface area contributed by atoms with Gasteiger partial charge >= 0.3 is 5.69 Å². The van der Waals surface area contributed by atoms with Crippen molar-refractivity contribution in [3.8, 4) is 11.5 Å². The molecule has 0 saturated heterocycles. The Morgan fingerprint density at radius 3 is 2.96 bits per heavy atom. The fourth-order valence-electron chi connectivity index (χ4n) is 2.53. The quantitative estimate of drug-likeness (QED) is 0.716. The minimum Gasteiger partial charge on any atom is -0.419 e. The molecule has 1 aliphatic rings. The van der Waals surface area contributed by atoms with E-state index in [2.05, 4.69) is 20.4 Å². The molecule has 4 rings (SSSR count). The largest absolute Gasteiger partial charge is 0.419 e. The molecule has 2 aromatic heterocycles. The molecule has 7 nitrogen and oxygen atoms in total. The molecular weight excluding hydrogens is 326 g/mol. The zero-order chi connectivity index (χ0) is 16.7. The van der Waals surface area contributed by atoms with Gasteiger partial charge in [-0.3, -0.25) is 4.57 Å². The average Bonchev–Trinajstić information content (AvgIpc) is 3.14. The van der Waals surface area contributed by atoms with Gasteiger partial charge in [0.15, 0.2) is 5.16 Å². The predicted molar refractivity (Wildman–Crippen MR) is 89.9 cm³/mol. The van der Waals surface area contributed by atoms with Gasteiger partial charge < -0.3 is 4.42 Å². The normalized spacial score (nSPS) is 15.6. The predicted octanol–water partition coefficient (Wildman–Crippen LogP) is 3.12. The van der Waals surface area contributed by atoms with Gasteiger partial charge in [0.2, 0.25) is 11.8 Å². The van der Waals surface area contributed by atoms with E-state index < -0.39 is 0 Å². The van der Waals surface area contributed by atoms with Crippen molar-refractivity contribution in [2.75, 3.05) is 0 Å². The van der Waals surface area contributed by atoms with Gasteiger partial charge in [-0.2, -0.15) is 0 Å². The van der Waals surface area contributed by atoms with Crippen LogP contribution in [0.1, 0.15) is 42.5 Å². The number of H-pyrrole nitrogens is 1. The topological polar surface area (TPSA) is 89.6 Å². The second kappa shape index (κ2) is 5.94. The maximum absolute atomic E-state index is 11.8. The number of rotatable bonds is 5. The van der Waals surface area contributed by atoms with Crippen molar-refractivity contribution in [2.24, 2.45) is 0 Å². The lowest BCUT2D eigenvalue weighted by molar-refractivity contribution is 0.508. The number of hydrogen-bond donors (Lipinski definition) is 1. The van der Waals surface area contributed by atoms with E-state index in [1.54, 1.807) is 4.57 Å². The van der Waals surface area contributed by atoms with Gasteiger partial charge in [-0.15, -0.1) is 15.3 Å². The van der Waals surface area contributed by atoms with Crippen LogP contribution in [0.25, 0.3) is 11.5 Å². The highest BCUT2D eigenvalue weighted by Gasteiger charge is 2.30. The minimum atomic E-state index is -0.154. The zero-order valence-electron chi connectivity index (χ0n) is 13.4.